The summed E-state index contributed by atoms with van der Waals surface area (Å²) < 4.78 is 6.79. The van der Waals surface area contributed by atoms with Crippen LogP contribution in [0.4, 0.5) is 0 Å². The summed E-state index contributed by atoms with van der Waals surface area (Å²) in [5.41, 5.74) is 3.66. The van der Waals surface area contributed by atoms with Gasteiger partial charge in [-0.2, -0.15) is 0 Å². The highest BCUT2D eigenvalue weighted by molar-refractivity contribution is 5.78. The molecule has 3 nitrogen and oxygen atoms in total. The maximum Gasteiger partial charge on any atom is 0.324 e. The smallest absolute Gasteiger partial charge is 0.324 e. The zero-order valence-electron chi connectivity index (χ0n) is 5.92. The van der Waals surface area contributed by atoms with Gasteiger partial charge in [0.1, 0.15) is 5.54 Å². The van der Waals surface area contributed by atoms with Crippen molar-refractivity contribution in [1.29, 1.82) is 0 Å². The van der Waals surface area contributed by atoms with Gasteiger partial charge >= 0.3 is 5.97 Å². The van der Waals surface area contributed by atoms with Gasteiger partial charge in [0, 0.05) is 7.79 Å². The van der Waals surface area contributed by atoms with Gasteiger partial charge in [-0.15, -0.1) is 12.3 Å². The highest BCUT2D eigenvalue weighted by atomic mass is 16.4. The normalized spacial score (nSPS) is 17.1. The number of aliphatic carboxylic acids is 1. The highest BCUT2D eigenvalue weighted by Gasteiger charge is 2.25. The van der Waals surface area contributed by atoms with Crippen molar-refractivity contribution >= 4 is 5.97 Å². The molecule has 0 saturated heterocycles. The Kier molecular flexibility index (Phi) is 1.71. The van der Waals surface area contributed by atoms with Crippen molar-refractivity contribution in [3.05, 3.63) is 0 Å². The summed E-state index contributed by atoms with van der Waals surface area (Å²) in [4.78, 5) is 10.3. The lowest BCUT2D eigenvalue weighted by Crippen LogP contribution is -2.44. The van der Waals surface area contributed by atoms with Gasteiger partial charge in [0.15, 0.2) is 0 Å². The average molecular weight is 128 g/mol. The summed E-state index contributed by atoms with van der Waals surface area (Å²) in [6.07, 6.45) is 4.75. The molecule has 3 N–H and O–H groups in total. The number of rotatable bonds is 2. The molecule has 9 heavy (non-hydrogen) atoms. The number of carboxylic acid groups (broad SMARTS) is 1. The molecular formula is C6H9NO2. The Morgan fingerprint density at radius 2 is 2.78 bits per heavy atom. The predicted molar refractivity (Wildman–Crippen MR) is 33.7 cm³/mol. The lowest BCUT2D eigenvalue weighted by Gasteiger charge is -2.14. The predicted octanol–water partition coefficient (Wildman–Crippen LogP) is -0.188. The second-order valence-corrected chi connectivity index (χ2v) is 1.84. The molecule has 0 spiro atoms. The van der Waals surface area contributed by atoms with Crippen molar-refractivity contribution in [2.24, 2.45) is 5.73 Å². The van der Waals surface area contributed by atoms with Gasteiger partial charge in [0.2, 0.25) is 0 Å². The minimum absolute atomic E-state index is 0.105. The maximum absolute atomic E-state index is 10.3. The van der Waals surface area contributed by atoms with Crippen LogP contribution in [0.5, 0.6) is 0 Å². The van der Waals surface area contributed by atoms with Crippen LogP contribution in [0.15, 0.2) is 0 Å². The molecule has 0 fully saturated rings. The van der Waals surface area contributed by atoms with E-state index in [0.717, 1.165) is 0 Å². The van der Waals surface area contributed by atoms with E-state index < -0.39 is 18.4 Å². The van der Waals surface area contributed by atoms with Crippen molar-refractivity contribution < 1.29 is 11.3 Å². The Morgan fingerprint density at radius 1 is 2.22 bits per heavy atom. The molecule has 0 aromatic carbocycles. The molecule has 0 aromatic rings. The summed E-state index contributed by atoms with van der Waals surface area (Å²) in [5.74, 6) is 0.893. The van der Waals surface area contributed by atoms with E-state index in [9.17, 15) is 4.79 Å². The van der Waals surface area contributed by atoms with Gasteiger partial charge in [0.25, 0.3) is 0 Å². The second-order valence-electron chi connectivity index (χ2n) is 1.84. The summed E-state index contributed by atoms with van der Waals surface area (Å²) in [5, 5.41) is 8.42. The largest absolute Gasteiger partial charge is 0.480 e. The van der Waals surface area contributed by atoms with E-state index in [0.29, 0.717) is 0 Å². The third-order valence-corrected chi connectivity index (χ3v) is 0.843. The molecule has 0 bridgehead atoms. The first-order valence-electron chi connectivity index (χ1n) is 3.02. The molecule has 3 heteroatoms. The first kappa shape index (κ1) is 6.12. The lowest BCUT2D eigenvalue weighted by molar-refractivity contribution is -0.142. The van der Waals surface area contributed by atoms with Crippen LogP contribution in [0.2, 0.25) is 0 Å². The Labute approximate surface area is 55.3 Å². The van der Waals surface area contributed by atoms with Gasteiger partial charge in [-0.3, -0.25) is 4.79 Å². The van der Waals surface area contributed by atoms with Crippen molar-refractivity contribution in [2.45, 2.75) is 18.9 Å². The van der Waals surface area contributed by atoms with E-state index >= 15 is 0 Å². The molecule has 0 aliphatic rings. The van der Waals surface area contributed by atoms with Crippen LogP contribution in [0.1, 0.15) is 14.7 Å². The summed E-state index contributed by atoms with van der Waals surface area (Å²) in [6, 6.07) is 0. The van der Waals surface area contributed by atoms with Crippen LogP contribution in [-0.2, 0) is 4.79 Å². The van der Waals surface area contributed by atoms with E-state index in [4.69, 9.17) is 18.6 Å². The standard InChI is InChI=1S/C6H9NO2/c1-3-4-6(2,7)5(8)9/h1H,4,7H2,2H3,(H,8,9)/i2D. The molecular weight excluding hydrogens is 118 g/mol. The van der Waals surface area contributed by atoms with E-state index in [1.54, 1.807) is 0 Å². The van der Waals surface area contributed by atoms with Crippen LogP contribution in [-0.4, -0.2) is 16.6 Å². The Morgan fingerprint density at radius 3 is 2.89 bits per heavy atom. The molecule has 0 aliphatic heterocycles. The molecule has 0 aromatic heterocycles. The topological polar surface area (TPSA) is 63.3 Å². The fraction of sp³-hybridized carbons (Fsp3) is 0.500. The number of nitrogens with two attached hydrogens (primary N) is 1. The highest BCUT2D eigenvalue weighted by Crippen LogP contribution is 2.02. The van der Waals surface area contributed by atoms with E-state index in [2.05, 4.69) is 5.92 Å². The SMILES string of the molecule is [2H]CC(N)(CC#C)C(=O)O. The number of terminal acetylenes is 1. The van der Waals surface area contributed by atoms with E-state index in [-0.39, 0.29) is 6.42 Å². The number of hydrogen-bond donors (Lipinski definition) is 2. The van der Waals surface area contributed by atoms with Gasteiger partial charge in [-0.1, -0.05) is 0 Å². The second kappa shape index (κ2) is 2.51. The Hall–Kier alpha value is -1.01. The first-order valence-corrected chi connectivity index (χ1v) is 2.32. The molecule has 0 rings (SSSR count). The number of carbonyl (C=O) groups is 1. The van der Waals surface area contributed by atoms with Gasteiger partial charge in [-0.05, 0) is 6.90 Å². The Bertz CT molecular complexity index is 175. The fourth-order valence-electron chi connectivity index (χ4n) is 0.258. The van der Waals surface area contributed by atoms with Crippen molar-refractivity contribution in [3.8, 4) is 12.3 Å². The fourth-order valence-corrected chi connectivity index (χ4v) is 0.258. The monoisotopic (exact) mass is 128 g/mol. The van der Waals surface area contributed by atoms with Crippen LogP contribution in [0.25, 0.3) is 0 Å². The molecule has 0 heterocycles. The minimum atomic E-state index is -1.56. The number of hydrogen-bond acceptors (Lipinski definition) is 2. The van der Waals surface area contributed by atoms with E-state index in [1.807, 2.05) is 0 Å². The van der Waals surface area contributed by atoms with Crippen LogP contribution < -0.4 is 5.73 Å². The maximum atomic E-state index is 10.3. The summed E-state index contributed by atoms with van der Waals surface area (Å²) in [7, 11) is 0. The third kappa shape index (κ3) is 2.15. The molecule has 1 atom stereocenters. The average Bonchev–Trinajstić information content (AvgIpc) is 1.88. The molecule has 1 unspecified atom stereocenters. The molecule has 50 valence electrons. The molecule has 0 saturated carbocycles. The minimum Gasteiger partial charge on any atom is -0.480 e. The zero-order valence-corrected chi connectivity index (χ0v) is 4.92. The molecule has 0 aliphatic carbocycles. The summed E-state index contributed by atoms with van der Waals surface area (Å²) in [6.45, 7) is -0.396. The van der Waals surface area contributed by atoms with Crippen LogP contribution in [0, 0.1) is 12.3 Å². The summed E-state index contributed by atoms with van der Waals surface area (Å²) >= 11 is 0. The molecule has 0 radical (unpaired) electrons. The van der Waals surface area contributed by atoms with Crippen molar-refractivity contribution in [3.63, 3.8) is 0 Å². The van der Waals surface area contributed by atoms with E-state index in [1.165, 1.54) is 0 Å². The number of carboxylic acids is 1. The zero-order chi connectivity index (χ0) is 8.20. The molecule has 0 amide bonds. The van der Waals surface area contributed by atoms with Crippen LogP contribution >= 0.6 is 0 Å². The quantitative estimate of drug-likeness (QED) is 0.507. The van der Waals surface area contributed by atoms with Crippen molar-refractivity contribution in [2.75, 3.05) is 0 Å². The Balaban J connectivity index is 4.26. The first-order chi connectivity index (χ1) is 4.56. The third-order valence-electron chi connectivity index (χ3n) is 0.843. The van der Waals surface area contributed by atoms with Gasteiger partial charge in [-0.25, -0.2) is 0 Å². The van der Waals surface area contributed by atoms with Crippen molar-refractivity contribution in [1.82, 2.24) is 0 Å². The van der Waals surface area contributed by atoms with Gasteiger partial charge in [0.05, 0.1) is 0 Å². The van der Waals surface area contributed by atoms with Crippen LogP contribution in [0.3, 0.4) is 0 Å². The van der Waals surface area contributed by atoms with Gasteiger partial charge < -0.3 is 10.8 Å². The lowest BCUT2D eigenvalue weighted by atomic mass is 10.0.